The van der Waals surface area contributed by atoms with Gasteiger partial charge in [0.1, 0.15) is 0 Å². The Kier molecular flexibility index (Phi) is 6.25. The van der Waals surface area contributed by atoms with Crippen molar-refractivity contribution in [3.8, 4) is 0 Å². The summed E-state index contributed by atoms with van der Waals surface area (Å²) in [6.07, 6.45) is 4.34. The second-order valence-electron chi connectivity index (χ2n) is 4.21. The number of carbonyl (C=O) groups excluding carboxylic acids is 1. The van der Waals surface area contributed by atoms with Crippen molar-refractivity contribution in [2.75, 3.05) is 13.1 Å². The molecule has 1 amide bonds. The van der Waals surface area contributed by atoms with Gasteiger partial charge < -0.3 is 10.6 Å². The number of nitrogens with two attached hydrogens (primary N) is 1. The van der Waals surface area contributed by atoms with Crippen LogP contribution in [0.4, 0.5) is 0 Å². The zero-order chi connectivity index (χ0) is 11.9. The van der Waals surface area contributed by atoms with Crippen LogP contribution in [-0.2, 0) is 4.79 Å². The van der Waals surface area contributed by atoms with E-state index in [2.05, 4.69) is 13.5 Å². The Morgan fingerprint density at radius 1 is 1.47 bits per heavy atom. The summed E-state index contributed by atoms with van der Waals surface area (Å²) in [7, 11) is 0. The lowest BCUT2D eigenvalue weighted by Gasteiger charge is -2.30. The number of hydrogen-bond acceptors (Lipinski definition) is 2. The molecule has 0 bridgehead atoms. The summed E-state index contributed by atoms with van der Waals surface area (Å²) in [6, 6.07) is 0. The van der Waals surface area contributed by atoms with E-state index < -0.39 is 5.54 Å². The van der Waals surface area contributed by atoms with Gasteiger partial charge in [-0.2, -0.15) is 0 Å². The van der Waals surface area contributed by atoms with Gasteiger partial charge in [0, 0.05) is 13.1 Å². The van der Waals surface area contributed by atoms with Crippen LogP contribution >= 0.6 is 0 Å². The summed E-state index contributed by atoms with van der Waals surface area (Å²) in [6.45, 7) is 10.9. The van der Waals surface area contributed by atoms with Gasteiger partial charge in [-0.05, 0) is 19.8 Å². The average molecular weight is 212 g/mol. The fourth-order valence-electron chi connectivity index (χ4n) is 1.69. The van der Waals surface area contributed by atoms with Gasteiger partial charge in [-0.25, -0.2) is 0 Å². The third kappa shape index (κ3) is 4.47. The van der Waals surface area contributed by atoms with E-state index in [-0.39, 0.29) is 5.91 Å². The first-order valence-corrected chi connectivity index (χ1v) is 5.68. The highest BCUT2D eigenvalue weighted by atomic mass is 16.2. The zero-order valence-corrected chi connectivity index (χ0v) is 10.3. The quantitative estimate of drug-likeness (QED) is 0.655. The Morgan fingerprint density at radius 2 is 2.07 bits per heavy atom. The van der Waals surface area contributed by atoms with E-state index in [0.717, 1.165) is 25.8 Å². The predicted molar refractivity (Wildman–Crippen MR) is 64.6 cm³/mol. The van der Waals surface area contributed by atoms with E-state index in [9.17, 15) is 4.79 Å². The van der Waals surface area contributed by atoms with E-state index in [4.69, 9.17) is 5.73 Å². The third-order valence-corrected chi connectivity index (χ3v) is 2.39. The van der Waals surface area contributed by atoms with E-state index in [1.54, 1.807) is 11.0 Å². The van der Waals surface area contributed by atoms with Crippen LogP contribution in [0.3, 0.4) is 0 Å². The summed E-state index contributed by atoms with van der Waals surface area (Å²) in [5.41, 5.74) is 5.28. The molecule has 0 aliphatic heterocycles. The molecule has 1 unspecified atom stereocenters. The van der Waals surface area contributed by atoms with Crippen molar-refractivity contribution in [3.63, 3.8) is 0 Å². The topological polar surface area (TPSA) is 46.3 Å². The van der Waals surface area contributed by atoms with Crippen molar-refractivity contribution in [3.05, 3.63) is 12.7 Å². The highest BCUT2D eigenvalue weighted by Gasteiger charge is 2.30. The minimum Gasteiger partial charge on any atom is -0.337 e. The van der Waals surface area contributed by atoms with Crippen LogP contribution in [0.25, 0.3) is 0 Å². The molecule has 15 heavy (non-hydrogen) atoms. The molecule has 88 valence electrons. The molecule has 0 rings (SSSR count). The Hall–Kier alpha value is -0.830. The lowest BCUT2D eigenvalue weighted by molar-refractivity contribution is -0.136. The van der Waals surface area contributed by atoms with Crippen molar-refractivity contribution >= 4 is 5.91 Å². The largest absolute Gasteiger partial charge is 0.337 e. The summed E-state index contributed by atoms with van der Waals surface area (Å²) < 4.78 is 0. The summed E-state index contributed by atoms with van der Waals surface area (Å²) in [5.74, 6) is 0.0334. The van der Waals surface area contributed by atoms with Crippen LogP contribution in [0, 0.1) is 0 Å². The van der Waals surface area contributed by atoms with Gasteiger partial charge in [0.05, 0.1) is 5.54 Å². The molecule has 0 heterocycles. The first kappa shape index (κ1) is 14.2. The normalized spacial score (nSPS) is 14.4. The van der Waals surface area contributed by atoms with Crippen molar-refractivity contribution in [1.82, 2.24) is 4.90 Å². The van der Waals surface area contributed by atoms with Crippen molar-refractivity contribution in [1.29, 1.82) is 0 Å². The van der Waals surface area contributed by atoms with Crippen LogP contribution in [0.1, 0.15) is 40.0 Å². The molecule has 0 aliphatic rings. The molecule has 0 radical (unpaired) electrons. The Bertz CT molecular complexity index is 212. The number of carbonyl (C=O) groups is 1. The Labute approximate surface area is 93.3 Å². The maximum absolute atomic E-state index is 12.1. The molecule has 1 atom stereocenters. The number of nitrogens with zero attached hydrogens (tertiary/aromatic N) is 1. The monoisotopic (exact) mass is 212 g/mol. The lowest BCUT2D eigenvalue weighted by Crippen LogP contribution is -2.53. The van der Waals surface area contributed by atoms with Gasteiger partial charge in [-0.3, -0.25) is 4.79 Å². The van der Waals surface area contributed by atoms with Gasteiger partial charge >= 0.3 is 0 Å². The molecule has 3 nitrogen and oxygen atoms in total. The van der Waals surface area contributed by atoms with Crippen LogP contribution in [0.15, 0.2) is 12.7 Å². The highest BCUT2D eigenvalue weighted by molar-refractivity contribution is 5.85. The molecule has 2 N–H and O–H groups in total. The molecule has 0 aromatic rings. The minimum atomic E-state index is -0.729. The van der Waals surface area contributed by atoms with E-state index >= 15 is 0 Å². The maximum Gasteiger partial charge on any atom is 0.242 e. The molecule has 0 spiro atoms. The van der Waals surface area contributed by atoms with Gasteiger partial charge in [-0.1, -0.05) is 26.3 Å². The molecule has 0 saturated carbocycles. The average Bonchev–Trinajstić information content (AvgIpc) is 2.16. The smallest absolute Gasteiger partial charge is 0.242 e. The van der Waals surface area contributed by atoms with Gasteiger partial charge in [-0.15, -0.1) is 6.58 Å². The molecule has 0 aromatic carbocycles. The maximum atomic E-state index is 12.1. The highest BCUT2D eigenvalue weighted by Crippen LogP contribution is 2.13. The van der Waals surface area contributed by atoms with Gasteiger partial charge in [0.2, 0.25) is 5.91 Å². The van der Waals surface area contributed by atoms with Gasteiger partial charge in [0.15, 0.2) is 0 Å². The van der Waals surface area contributed by atoms with E-state index in [1.165, 1.54) is 0 Å². The fraction of sp³-hybridized carbons (Fsp3) is 0.750. The minimum absolute atomic E-state index is 0.0334. The summed E-state index contributed by atoms with van der Waals surface area (Å²) >= 11 is 0. The Balaban J connectivity index is 4.52. The number of amides is 1. The second-order valence-corrected chi connectivity index (χ2v) is 4.21. The van der Waals surface area contributed by atoms with Crippen molar-refractivity contribution < 1.29 is 4.79 Å². The SMILES string of the molecule is C=CCN(CCC)C(=O)C(C)(N)CCC. The Morgan fingerprint density at radius 3 is 2.47 bits per heavy atom. The molecule has 0 aliphatic carbocycles. The predicted octanol–water partition coefficient (Wildman–Crippen LogP) is 1.93. The van der Waals surface area contributed by atoms with Crippen molar-refractivity contribution in [2.24, 2.45) is 5.73 Å². The first-order valence-electron chi connectivity index (χ1n) is 5.68. The third-order valence-electron chi connectivity index (χ3n) is 2.39. The number of hydrogen-bond donors (Lipinski definition) is 1. The molecule has 3 heteroatoms. The van der Waals surface area contributed by atoms with Crippen LogP contribution in [-0.4, -0.2) is 29.4 Å². The zero-order valence-electron chi connectivity index (χ0n) is 10.3. The molecular weight excluding hydrogens is 188 g/mol. The van der Waals surface area contributed by atoms with E-state index in [1.807, 2.05) is 13.8 Å². The molecule has 0 fully saturated rings. The van der Waals surface area contributed by atoms with Crippen LogP contribution in [0.2, 0.25) is 0 Å². The van der Waals surface area contributed by atoms with Crippen molar-refractivity contribution in [2.45, 2.75) is 45.6 Å². The number of rotatable bonds is 7. The molecular formula is C12H24N2O. The summed E-state index contributed by atoms with van der Waals surface area (Å²) in [5, 5.41) is 0. The standard InChI is InChI=1S/C12H24N2O/c1-5-8-12(4,13)11(15)14(9-6-2)10-7-3/h6H,2,5,7-10,13H2,1,3-4H3. The summed E-state index contributed by atoms with van der Waals surface area (Å²) in [4.78, 5) is 13.9. The lowest BCUT2D eigenvalue weighted by atomic mass is 9.95. The molecule has 0 aromatic heterocycles. The van der Waals surface area contributed by atoms with E-state index in [0.29, 0.717) is 6.54 Å². The van der Waals surface area contributed by atoms with Crippen LogP contribution in [0.5, 0.6) is 0 Å². The van der Waals surface area contributed by atoms with Crippen LogP contribution < -0.4 is 5.73 Å². The van der Waals surface area contributed by atoms with Gasteiger partial charge in [0.25, 0.3) is 0 Å². The second kappa shape index (κ2) is 6.62. The molecule has 0 saturated heterocycles. The first-order chi connectivity index (χ1) is 6.99. The fourth-order valence-corrected chi connectivity index (χ4v) is 1.69.